The molecule has 3 heteroatoms. The van der Waals surface area contributed by atoms with Crippen molar-refractivity contribution in [2.75, 3.05) is 6.61 Å². The molecule has 0 N–H and O–H groups in total. The van der Waals surface area contributed by atoms with Crippen LogP contribution in [-0.4, -0.2) is 23.0 Å². The molecular formula is C13H16N2O. The molecule has 0 amide bonds. The summed E-state index contributed by atoms with van der Waals surface area (Å²) >= 11 is 0. The molecule has 1 fully saturated rings. The summed E-state index contributed by atoms with van der Waals surface area (Å²) in [4.78, 5) is 9.06. The fourth-order valence-electron chi connectivity index (χ4n) is 2.57. The third-order valence-electron chi connectivity index (χ3n) is 3.48. The molecule has 0 unspecified atom stereocenters. The quantitative estimate of drug-likeness (QED) is 0.723. The van der Waals surface area contributed by atoms with Gasteiger partial charge in [-0.25, -0.2) is 4.99 Å². The van der Waals surface area contributed by atoms with E-state index in [9.17, 15) is 0 Å². The Kier molecular flexibility index (Phi) is 2.39. The Bertz CT molecular complexity index is 394. The van der Waals surface area contributed by atoms with Crippen molar-refractivity contribution in [1.29, 1.82) is 0 Å². The van der Waals surface area contributed by atoms with E-state index in [1.807, 2.05) is 18.2 Å². The Morgan fingerprint density at radius 2 is 2.00 bits per heavy atom. The SMILES string of the molecule is c1ccc(C2=NC3(CCCCC3)CO2)nc1. The van der Waals surface area contributed by atoms with Crippen LogP contribution < -0.4 is 0 Å². The fraction of sp³-hybridized carbons (Fsp3) is 0.538. The van der Waals surface area contributed by atoms with Gasteiger partial charge in [0.15, 0.2) is 0 Å². The minimum atomic E-state index is 0.0745. The Hall–Kier alpha value is -1.38. The van der Waals surface area contributed by atoms with E-state index in [0.29, 0.717) is 0 Å². The molecule has 3 rings (SSSR count). The van der Waals surface area contributed by atoms with Crippen LogP contribution in [0.1, 0.15) is 37.8 Å². The minimum absolute atomic E-state index is 0.0745. The molecule has 2 heterocycles. The lowest BCUT2D eigenvalue weighted by Gasteiger charge is -2.27. The van der Waals surface area contributed by atoms with Gasteiger partial charge in [-0.05, 0) is 25.0 Å². The van der Waals surface area contributed by atoms with Crippen LogP contribution in [-0.2, 0) is 4.74 Å². The molecule has 3 nitrogen and oxygen atoms in total. The molecule has 1 spiro atoms. The van der Waals surface area contributed by atoms with Crippen LogP contribution in [0.25, 0.3) is 0 Å². The van der Waals surface area contributed by atoms with Gasteiger partial charge < -0.3 is 4.74 Å². The number of rotatable bonds is 1. The summed E-state index contributed by atoms with van der Waals surface area (Å²) in [5.74, 6) is 0.738. The summed E-state index contributed by atoms with van der Waals surface area (Å²) in [6.07, 6.45) is 8.03. The average Bonchev–Trinajstić information content (AvgIpc) is 2.75. The van der Waals surface area contributed by atoms with E-state index in [1.165, 1.54) is 32.1 Å². The van der Waals surface area contributed by atoms with Crippen molar-refractivity contribution in [3.05, 3.63) is 30.1 Å². The van der Waals surface area contributed by atoms with E-state index in [4.69, 9.17) is 9.73 Å². The van der Waals surface area contributed by atoms with Crippen molar-refractivity contribution in [3.63, 3.8) is 0 Å². The van der Waals surface area contributed by atoms with Crippen LogP contribution in [0.2, 0.25) is 0 Å². The molecule has 84 valence electrons. The van der Waals surface area contributed by atoms with E-state index >= 15 is 0 Å². The van der Waals surface area contributed by atoms with Gasteiger partial charge in [-0.2, -0.15) is 0 Å². The Labute approximate surface area is 95.6 Å². The average molecular weight is 216 g/mol. The van der Waals surface area contributed by atoms with E-state index in [1.54, 1.807) is 6.20 Å². The molecule has 1 aliphatic carbocycles. The predicted octanol–water partition coefficient (Wildman–Crippen LogP) is 2.56. The molecule has 16 heavy (non-hydrogen) atoms. The molecule has 1 aromatic rings. The van der Waals surface area contributed by atoms with E-state index in [2.05, 4.69) is 4.98 Å². The van der Waals surface area contributed by atoms with E-state index in [-0.39, 0.29) is 5.54 Å². The smallest absolute Gasteiger partial charge is 0.236 e. The number of aromatic nitrogens is 1. The molecule has 0 radical (unpaired) electrons. The molecule has 1 saturated carbocycles. The second kappa shape index (κ2) is 3.89. The molecule has 0 atom stereocenters. The molecule has 1 aliphatic heterocycles. The fourth-order valence-corrected chi connectivity index (χ4v) is 2.57. The molecule has 0 bridgehead atoms. The normalized spacial score (nSPS) is 22.9. The molecule has 2 aliphatic rings. The number of hydrogen-bond acceptors (Lipinski definition) is 3. The maximum Gasteiger partial charge on any atom is 0.236 e. The lowest BCUT2D eigenvalue weighted by molar-refractivity contribution is 0.207. The van der Waals surface area contributed by atoms with Crippen LogP contribution in [0.4, 0.5) is 0 Å². The van der Waals surface area contributed by atoms with Gasteiger partial charge in [-0.15, -0.1) is 0 Å². The first-order chi connectivity index (χ1) is 7.88. The van der Waals surface area contributed by atoms with Gasteiger partial charge in [-0.3, -0.25) is 4.98 Å². The largest absolute Gasteiger partial charge is 0.474 e. The van der Waals surface area contributed by atoms with Gasteiger partial charge in [0.05, 0.1) is 5.54 Å². The number of nitrogens with zero attached hydrogens (tertiary/aromatic N) is 2. The zero-order valence-corrected chi connectivity index (χ0v) is 9.35. The van der Waals surface area contributed by atoms with Crippen molar-refractivity contribution in [2.24, 2.45) is 4.99 Å². The second-order valence-electron chi connectivity index (χ2n) is 4.71. The molecule has 0 saturated heterocycles. The summed E-state index contributed by atoms with van der Waals surface area (Å²) in [5.41, 5.74) is 0.940. The predicted molar refractivity (Wildman–Crippen MR) is 62.5 cm³/mol. The van der Waals surface area contributed by atoms with Crippen LogP contribution in [0.5, 0.6) is 0 Å². The second-order valence-corrected chi connectivity index (χ2v) is 4.71. The van der Waals surface area contributed by atoms with Gasteiger partial charge in [0, 0.05) is 6.20 Å². The summed E-state index contributed by atoms with van der Waals surface area (Å²) in [6, 6.07) is 5.84. The first kappa shape index (κ1) is 9.82. The Morgan fingerprint density at radius 3 is 2.75 bits per heavy atom. The van der Waals surface area contributed by atoms with Crippen LogP contribution in [0, 0.1) is 0 Å². The minimum Gasteiger partial charge on any atom is -0.474 e. The van der Waals surface area contributed by atoms with Crippen molar-refractivity contribution in [1.82, 2.24) is 4.98 Å². The van der Waals surface area contributed by atoms with E-state index < -0.39 is 0 Å². The lowest BCUT2D eigenvalue weighted by Crippen LogP contribution is -2.30. The van der Waals surface area contributed by atoms with Crippen molar-refractivity contribution >= 4 is 5.90 Å². The van der Waals surface area contributed by atoms with Crippen molar-refractivity contribution in [2.45, 2.75) is 37.6 Å². The highest BCUT2D eigenvalue weighted by atomic mass is 16.5. The first-order valence-electron chi connectivity index (χ1n) is 6.02. The van der Waals surface area contributed by atoms with Gasteiger partial charge in [0.2, 0.25) is 5.90 Å². The highest BCUT2D eigenvalue weighted by Gasteiger charge is 2.38. The standard InChI is InChI=1S/C13H16N2O/c1-3-7-13(8-4-1)10-16-12(15-13)11-6-2-5-9-14-11/h2,5-6,9H,1,3-4,7-8,10H2. The number of hydrogen-bond donors (Lipinski definition) is 0. The summed E-state index contributed by atoms with van der Waals surface area (Å²) in [7, 11) is 0. The highest BCUT2D eigenvalue weighted by Crippen LogP contribution is 2.35. The van der Waals surface area contributed by atoms with Crippen molar-refractivity contribution in [3.8, 4) is 0 Å². The summed E-state index contributed by atoms with van der Waals surface area (Å²) < 4.78 is 5.72. The zero-order chi connectivity index (χ0) is 10.8. The molecule has 1 aromatic heterocycles. The number of aliphatic imine (C=N–C) groups is 1. The molecule has 0 aromatic carbocycles. The van der Waals surface area contributed by atoms with Crippen LogP contribution in [0.3, 0.4) is 0 Å². The Morgan fingerprint density at radius 1 is 1.12 bits per heavy atom. The van der Waals surface area contributed by atoms with Gasteiger partial charge in [0.25, 0.3) is 0 Å². The highest BCUT2D eigenvalue weighted by molar-refractivity contribution is 5.93. The third-order valence-corrected chi connectivity index (χ3v) is 3.48. The van der Waals surface area contributed by atoms with Gasteiger partial charge in [-0.1, -0.05) is 25.3 Å². The third kappa shape index (κ3) is 1.70. The lowest BCUT2D eigenvalue weighted by atomic mass is 9.83. The Balaban J connectivity index is 1.86. The molecular weight excluding hydrogens is 200 g/mol. The van der Waals surface area contributed by atoms with Crippen molar-refractivity contribution < 1.29 is 4.74 Å². The maximum absolute atomic E-state index is 5.72. The topological polar surface area (TPSA) is 34.5 Å². The number of ether oxygens (including phenoxy) is 1. The van der Waals surface area contributed by atoms with Crippen LogP contribution in [0.15, 0.2) is 29.4 Å². The summed E-state index contributed by atoms with van der Waals surface area (Å²) in [5, 5.41) is 0. The maximum atomic E-state index is 5.72. The van der Waals surface area contributed by atoms with Gasteiger partial charge in [0.1, 0.15) is 12.3 Å². The van der Waals surface area contributed by atoms with Gasteiger partial charge >= 0.3 is 0 Å². The number of pyridine rings is 1. The monoisotopic (exact) mass is 216 g/mol. The first-order valence-corrected chi connectivity index (χ1v) is 6.02. The van der Waals surface area contributed by atoms with E-state index in [0.717, 1.165) is 18.2 Å². The van der Waals surface area contributed by atoms with Crippen LogP contribution >= 0.6 is 0 Å². The zero-order valence-electron chi connectivity index (χ0n) is 9.35. The summed E-state index contributed by atoms with van der Waals surface area (Å²) in [6.45, 7) is 0.749.